The number of H-pyrrole nitrogens is 1. The number of carboxylic acid groups (broad SMARTS) is 1. The van der Waals surface area contributed by atoms with Crippen LogP contribution in [0, 0.1) is 6.92 Å². The summed E-state index contributed by atoms with van der Waals surface area (Å²) in [6.45, 7) is 2.43. The first-order valence-electron chi connectivity index (χ1n) is 5.08. The minimum atomic E-state index is -3.83. The van der Waals surface area contributed by atoms with Gasteiger partial charge in [-0.1, -0.05) is 0 Å². The van der Waals surface area contributed by atoms with Crippen LogP contribution in [-0.2, 0) is 14.8 Å². The van der Waals surface area contributed by atoms with Gasteiger partial charge in [0.2, 0.25) is 0 Å². The molecule has 0 spiro atoms. The van der Waals surface area contributed by atoms with Gasteiger partial charge in [-0.05, 0) is 13.8 Å². The number of aromatic nitrogens is 2. The van der Waals surface area contributed by atoms with E-state index >= 15 is 0 Å². The van der Waals surface area contributed by atoms with Crippen molar-refractivity contribution < 1.29 is 23.4 Å². The Bertz CT molecular complexity index is 534. The van der Waals surface area contributed by atoms with Gasteiger partial charge in [-0.3, -0.25) is 4.79 Å². The van der Waals surface area contributed by atoms with E-state index in [1.165, 1.54) is 6.92 Å². The molecule has 18 heavy (non-hydrogen) atoms. The lowest BCUT2D eigenvalue weighted by Crippen LogP contribution is -2.42. The summed E-state index contributed by atoms with van der Waals surface area (Å²) in [4.78, 5) is 16.7. The number of sulfonamides is 1. The number of carbonyl (C=O) groups is 1. The van der Waals surface area contributed by atoms with Crippen molar-refractivity contribution in [3.8, 4) is 0 Å². The van der Waals surface area contributed by atoms with E-state index in [0.29, 0.717) is 5.82 Å². The Kier molecular flexibility index (Phi) is 4.09. The number of aromatic amines is 1. The zero-order valence-corrected chi connectivity index (χ0v) is 10.8. The molecule has 1 rings (SSSR count). The number of nitrogens with one attached hydrogen (secondary N) is 2. The summed E-state index contributed by atoms with van der Waals surface area (Å²) in [6.07, 6.45) is 0.584. The van der Waals surface area contributed by atoms with Gasteiger partial charge in [-0.15, -0.1) is 0 Å². The highest BCUT2D eigenvalue weighted by atomic mass is 32.2. The lowest BCUT2D eigenvalue weighted by molar-refractivity contribution is -0.141. The van der Waals surface area contributed by atoms with Gasteiger partial charge in [0.25, 0.3) is 10.0 Å². The van der Waals surface area contributed by atoms with Crippen LogP contribution in [0.4, 0.5) is 0 Å². The summed E-state index contributed by atoms with van der Waals surface area (Å²) in [5.41, 5.74) is -1.66. The second-order valence-electron chi connectivity index (χ2n) is 4.22. The molecular formula is C9H15N3O5S. The molecule has 8 nitrogen and oxygen atoms in total. The van der Waals surface area contributed by atoms with Gasteiger partial charge in [0.1, 0.15) is 5.82 Å². The topological polar surface area (TPSA) is 132 Å². The zero-order valence-electron chi connectivity index (χ0n) is 9.97. The average molecular weight is 277 g/mol. The molecular weight excluding hydrogens is 262 g/mol. The van der Waals surface area contributed by atoms with E-state index in [1.807, 2.05) is 0 Å². The minimum Gasteiger partial charge on any atom is -0.481 e. The van der Waals surface area contributed by atoms with E-state index in [1.54, 1.807) is 6.92 Å². The number of imidazole rings is 1. The highest BCUT2D eigenvalue weighted by molar-refractivity contribution is 7.89. The largest absolute Gasteiger partial charge is 0.481 e. The number of carboxylic acids is 1. The Balaban J connectivity index is 2.71. The second-order valence-corrected chi connectivity index (χ2v) is 5.96. The molecule has 0 radical (unpaired) electrons. The minimum absolute atomic E-state index is 0.133. The smallest absolute Gasteiger partial charge is 0.306 e. The van der Waals surface area contributed by atoms with Crippen LogP contribution >= 0.6 is 0 Å². The van der Waals surface area contributed by atoms with Crippen LogP contribution in [0.5, 0.6) is 0 Å². The molecule has 1 aromatic rings. The van der Waals surface area contributed by atoms with Crippen molar-refractivity contribution in [2.75, 3.05) is 6.54 Å². The fourth-order valence-electron chi connectivity index (χ4n) is 1.25. The number of aliphatic carboxylic acids is 1. The number of rotatable bonds is 6. The van der Waals surface area contributed by atoms with Crippen molar-refractivity contribution in [2.45, 2.75) is 30.9 Å². The molecule has 1 unspecified atom stereocenters. The quantitative estimate of drug-likeness (QED) is 0.539. The van der Waals surface area contributed by atoms with Gasteiger partial charge >= 0.3 is 5.97 Å². The molecule has 0 aliphatic carbocycles. The van der Waals surface area contributed by atoms with Crippen molar-refractivity contribution >= 4 is 16.0 Å². The predicted molar refractivity (Wildman–Crippen MR) is 61.4 cm³/mol. The molecule has 0 aliphatic heterocycles. The van der Waals surface area contributed by atoms with Crippen molar-refractivity contribution in [1.82, 2.24) is 14.7 Å². The summed E-state index contributed by atoms with van der Waals surface area (Å²) in [5, 5.41) is 18.1. The maximum absolute atomic E-state index is 11.7. The fraction of sp³-hybridized carbons (Fsp3) is 0.556. The van der Waals surface area contributed by atoms with E-state index in [9.17, 15) is 18.3 Å². The number of aryl methyl sites for hydroxylation is 1. The highest BCUT2D eigenvalue weighted by Gasteiger charge is 2.27. The Labute approximate surface area is 104 Å². The summed E-state index contributed by atoms with van der Waals surface area (Å²) < 4.78 is 25.6. The maximum Gasteiger partial charge on any atom is 0.306 e. The van der Waals surface area contributed by atoms with E-state index in [0.717, 1.165) is 6.20 Å². The summed E-state index contributed by atoms with van der Waals surface area (Å²) in [5.74, 6) is -0.774. The third-order valence-electron chi connectivity index (χ3n) is 2.14. The molecule has 1 atom stereocenters. The molecule has 0 saturated heterocycles. The fourth-order valence-corrected chi connectivity index (χ4v) is 2.38. The van der Waals surface area contributed by atoms with Crippen LogP contribution in [0.3, 0.4) is 0 Å². The van der Waals surface area contributed by atoms with Gasteiger partial charge in [-0.2, -0.15) is 0 Å². The maximum atomic E-state index is 11.7. The SMILES string of the molecule is Cc1ncc(S(=O)(=O)NCC(C)(O)CC(=O)O)[nH]1. The van der Waals surface area contributed by atoms with Gasteiger partial charge in [0, 0.05) is 6.54 Å². The lowest BCUT2D eigenvalue weighted by atomic mass is 10.0. The molecule has 0 amide bonds. The van der Waals surface area contributed by atoms with E-state index in [2.05, 4.69) is 14.7 Å². The van der Waals surface area contributed by atoms with Gasteiger partial charge in [0.05, 0.1) is 18.2 Å². The second kappa shape index (κ2) is 5.04. The summed E-state index contributed by atoms with van der Waals surface area (Å²) >= 11 is 0. The molecule has 0 aromatic carbocycles. The Hall–Kier alpha value is -1.45. The molecule has 1 heterocycles. The van der Waals surface area contributed by atoms with Crippen LogP contribution in [-0.4, -0.2) is 46.7 Å². The molecule has 4 N–H and O–H groups in total. The van der Waals surface area contributed by atoms with Crippen LogP contribution < -0.4 is 4.72 Å². The van der Waals surface area contributed by atoms with Crippen LogP contribution in [0.25, 0.3) is 0 Å². The molecule has 102 valence electrons. The number of hydrogen-bond acceptors (Lipinski definition) is 5. The highest BCUT2D eigenvalue weighted by Crippen LogP contribution is 2.10. The Morgan fingerprint density at radius 3 is 2.67 bits per heavy atom. The number of nitrogens with zero attached hydrogens (tertiary/aromatic N) is 1. The molecule has 0 bridgehead atoms. The summed E-state index contributed by atoms with van der Waals surface area (Å²) in [7, 11) is -3.83. The lowest BCUT2D eigenvalue weighted by Gasteiger charge is -2.20. The van der Waals surface area contributed by atoms with E-state index in [4.69, 9.17) is 5.11 Å². The first-order chi connectivity index (χ1) is 8.12. The normalized spacial score (nSPS) is 15.3. The molecule has 0 saturated carbocycles. The van der Waals surface area contributed by atoms with Crippen LogP contribution in [0.2, 0.25) is 0 Å². The first kappa shape index (κ1) is 14.6. The van der Waals surface area contributed by atoms with Crippen molar-refractivity contribution in [1.29, 1.82) is 0 Å². The molecule has 0 aliphatic rings. The van der Waals surface area contributed by atoms with Crippen molar-refractivity contribution in [3.63, 3.8) is 0 Å². The monoisotopic (exact) mass is 277 g/mol. The number of aliphatic hydroxyl groups is 1. The Morgan fingerprint density at radius 1 is 1.61 bits per heavy atom. The zero-order chi connectivity index (χ0) is 14.0. The standard InChI is InChI=1S/C9H15N3O5S/c1-6-10-4-7(12-6)18(16,17)11-5-9(2,15)3-8(13)14/h4,11,15H,3,5H2,1-2H3,(H,10,12)(H,13,14). The van der Waals surface area contributed by atoms with Gasteiger partial charge < -0.3 is 15.2 Å². The molecule has 9 heteroatoms. The van der Waals surface area contributed by atoms with Crippen LogP contribution in [0.15, 0.2) is 11.2 Å². The van der Waals surface area contributed by atoms with E-state index in [-0.39, 0.29) is 5.03 Å². The number of hydrogen-bond donors (Lipinski definition) is 4. The third kappa shape index (κ3) is 4.09. The third-order valence-corrected chi connectivity index (χ3v) is 3.46. The average Bonchev–Trinajstić information content (AvgIpc) is 2.61. The molecule has 1 aromatic heterocycles. The predicted octanol–water partition coefficient (Wildman–Crippen LogP) is -0.778. The van der Waals surface area contributed by atoms with Crippen molar-refractivity contribution in [3.05, 3.63) is 12.0 Å². The van der Waals surface area contributed by atoms with E-state index < -0.39 is 34.6 Å². The van der Waals surface area contributed by atoms with Crippen molar-refractivity contribution in [2.24, 2.45) is 0 Å². The van der Waals surface area contributed by atoms with Crippen LogP contribution in [0.1, 0.15) is 19.2 Å². The van der Waals surface area contributed by atoms with Gasteiger partial charge in [0.15, 0.2) is 5.03 Å². The van der Waals surface area contributed by atoms with Gasteiger partial charge in [-0.25, -0.2) is 18.1 Å². The molecule has 0 fully saturated rings. The summed E-state index contributed by atoms with van der Waals surface area (Å²) in [6, 6.07) is 0. The first-order valence-corrected chi connectivity index (χ1v) is 6.56. The Morgan fingerprint density at radius 2 is 2.22 bits per heavy atom.